The number of amides is 2. The summed E-state index contributed by atoms with van der Waals surface area (Å²) in [6.07, 6.45) is 13.7. The van der Waals surface area contributed by atoms with Gasteiger partial charge >= 0.3 is 237 Å². The van der Waals surface area contributed by atoms with E-state index in [1.165, 1.54) is 83.1 Å². The van der Waals surface area contributed by atoms with Crippen LogP contribution in [-0.4, -0.2) is 54.8 Å². The molecular formula is C43H65Br2NO4S3Sn. The number of hydrogen-bond acceptors (Lipinski definition) is 7. The van der Waals surface area contributed by atoms with Crippen molar-refractivity contribution < 1.29 is 19.1 Å². The second-order valence-electron chi connectivity index (χ2n) is 16.2. The molecule has 0 saturated carbocycles. The van der Waals surface area contributed by atoms with Crippen LogP contribution in [0.25, 0.3) is 9.75 Å². The van der Waals surface area contributed by atoms with Gasteiger partial charge in [-0.25, -0.2) is 0 Å². The molecule has 0 aliphatic carbocycles. The third kappa shape index (κ3) is 11.1. The summed E-state index contributed by atoms with van der Waals surface area (Å²) in [4.78, 5) is 30.0. The number of carbonyl (C=O) groups is 2. The first-order chi connectivity index (χ1) is 25.8. The predicted octanol–water partition coefficient (Wildman–Crippen LogP) is 14.6. The van der Waals surface area contributed by atoms with E-state index in [4.69, 9.17) is 9.47 Å². The van der Waals surface area contributed by atoms with Crippen molar-refractivity contribution in [1.29, 1.82) is 0 Å². The van der Waals surface area contributed by atoms with Gasteiger partial charge in [0.1, 0.15) is 0 Å². The smallest absolute Gasteiger partial charge is 0.263 e. The Balaban J connectivity index is 0.000000301. The molecule has 3 aromatic heterocycles. The van der Waals surface area contributed by atoms with E-state index in [-0.39, 0.29) is 17.4 Å². The fourth-order valence-corrected chi connectivity index (χ4v) is 32.3. The molecule has 5 rings (SSSR count). The van der Waals surface area contributed by atoms with Gasteiger partial charge < -0.3 is 4.74 Å². The largest absolute Gasteiger partial charge is 0.382 e. The molecule has 0 unspecified atom stereocenters. The van der Waals surface area contributed by atoms with Gasteiger partial charge in [0, 0.05) is 19.8 Å². The molecular weight excluding hydrogens is 969 g/mol. The van der Waals surface area contributed by atoms with Crippen LogP contribution in [0.15, 0.2) is 19.7 Å². The molecule has 5 heterocycles. The molecule has 0 bridgehead atoms. The van der Waals surface area contributed by atoms with E-state index in [1.807, 2.05) is 21.2 Å². The Morgan fingerprint density at radius 1 is 0.778 bits per heavy atom. The van der Waals surface area contributed by atoms with E-state index >= 15 is 0 Å². The van der Waals surface area contributed by atoms with E-state index in [0.717, 1.165) is 12.8 Å². The second kappa shape index (κ2) is 21.7. The standard InChI is InChI=1S/C20H27OS2.C11H11Br2NO3S.3C4H9.Sn/c1-13(2)6-9-20(10-7-14(3)4)16-8-11-22-18(16)19-17(21-20)12-15(5)23-19;1-2-17-5-3-4-14-10(15)6-7(11(14)16)9(13)18-8(6)12;3*1-3-4-2;/h8,12-14H,6-7,9-10H2,1-5H3;2-5H2,1H3;3*1,3-4H2,2H3;. The molecule has 0 fully saturated rings. The molecule has 11 heteroatoms. The summed E-state index contributed by atoms with van der Waals surface area (Å²) in [5, 5.41) is 0. The van der Waals surface area contributed by atoms with Crippen molar-refractivity contribution in [3.63, 3.8) is 0 Å². The Morgan fingerprint density at radius 2 is 1.31 bits per heavy atom. The molecule has 54 heavy (non-hydrogen) atoms. The SMILES string of the molecule is CCC[CH2][Sn]([CH2]CCC)([CH2]CCC)[c]1cc2c(s1)-c1sc(C)cc1OC2(CCC(C)C)CCC(C)C.CCOCCCN1C(=O)c2c(Br)sc(Br)c2C1=O. The molecule has 2 aliphatic heterocycles. The number of nitrogens with zero attached hydrogens (tertiary/aromatic N) is 1. The van der Waals surface area contributed by atoms with Crippen molar-refractivity contribution in [1.82, 2.24) is 4.90 Å². The molecule has 0 N–H and O–H groups in total. The van der Waals surface area contributed by atoms with Crippen LogP contribution < -0.4 is 7.63 Å². The second-order valence-corrected chi connectivity index (χ2v) is 36.3. The maximum Gasteiger partial charge on any atom is 0.263 e. The average molecular weight is 1030 g/mol. The Morgan fingerprint density at radius 3 is 1.80 bits per heavy atom. The van der Waals surface area contributed by atoms with Crippen molar-refractivity contribution in [3.05, 3.63) is 41.3 Å². The number of halogens is 2. The van der Waals surface area contributed by atoms with Crippen LogP contribution in [0.5, 0.6) is 5.75 Å². The molecule has 3 aromatic rings. The number of fused-ring (bicyclic) bond motifs is 4. The Bertz CT molecular complexity index is 1610. The molecule has 5 nitrogen and oxygen atoms in total. The number of ether oxygens (including phenoxy) is 2. The maximum absolute atomic E-state index is 12.1. The molecule has 2 aliphatic rings. The van der Waals surface area contributed by atoms with Gasteiger partial charge in [-0.05, 0) is 45.2 Å². The van der Waals surface area contributed by atoms with E-state index in [2.05, 4.69) is 111 Å². The van der Waals surface area contributed by atoms with Crippen molar-refractivity contribution in [2.24, 2.45) is 11.8 Å². The minimum Gasteiger partial charge on any atom is -0.382 e. The zero-order valence-corrected chi connectivity index (χ0v) is 42.9. The molecule has 0 atom stereocenters. The third-order valence-electron chi connectivity index (χ3n) is 11.0. The maximum atomic E-state index is 12.1. The quantitative estimate of drug-likeness (QED) is 0.0606. The molecule has 0 radical (unpaired) electrons. The van der Waals surface area contributed by atoms with Crippen molar-refractivity contribution in [2.75, 3.05) is 19.8 Å². The fourth-order valence-electron chi connectivity index (χ4n) is 7.77. The van der Waals surface area contributed by atoms with Crippen molar-refractivity contribution >= 4 is 99.0 Å². The van der Waals surface area contributed by atoms with E-state index < -0.39 is 18.4 Å². The van der Waals surface area contributed by atoms with Gasteiger partial charge in [0.05, 0.1) is 18.7 Å². The molecule has 0 aromatic carbocycles. The zero-order chi connectivity index (χ0) is 39.6. The number of aryl methyl sites for hydroxylation is 1. The number of hydrogen-bond donors (Lipinski definition) is 0. The van der Waals surface area contributed by atoms with Crippen LogP contribution >= 0.6 is 65.9 Å². The third-order valence-corrected chi connectivity index (χ3v) is 34.0. The minimum absolute atomic E-state index is 0.142. The van der Waals surface area contributed by atoms with Crippen LogP contribution in [0, 0.1) is 18.8 Å². The van der Waals surface area contributed by atoms with Crippen molar-refractivity contribution in [2.45, 2.75) is 152 Å². The van der Waals surface area contributed by atoms with Gasteiger partial charge in [0.2, 0.25) is 0 Å². The fraction of sp³-hybridized carbons (Fsp3) is 0.674. The summed E-state index contributed by atoms with van der Waals surface area (Å²) in [7, 11) is 0. The molecule has 0 saturated heterocycles. The summed E-state index contributed by atoms with van der Waals surface area (Å²) in [5.41, 5.74) is 2.40. The average Bonchev–Trinajstić information content (AvgIpc) is 3.88. The molecule has 302 valence electrons. The number of thiophene rings is 3. The van der Waals surface area contributed by atoms with Gasteiger partial charge in [-0.1, -0.05) is 0 Å². The van der Waals surface area contributed by atoms with Gasteiger partial charge in [0.25, 0.3) is 11.8 Å². The van der Waals surface area contributed by atoms with E-state index in [9.17, 15) is 9.59 Å². The first-order valence-corrected chi connectivity index (χ1v) is 32.2. The summed E-state index contributed by atoms with van der Waals surface area (Å²) in [5.74, 6) is 2.14. The Hall–Kier alpha value is -0.241. The summed E-state index contributed by atoms with van der Waals surface area (Å²) in [6, 6.07) is 5.11. The van der Waals surface area contributed by atoms with Gasteiger partial charge in [-0.15, -0.1) is 11.3 Å². The number of imide groups is 1. The first kappa shape index (κ1) is 46.4. The monoisotopic (exact) mass is 1030 g/mol. The molecule has 2 amide bonds. The van der Waals surface area contributed by atoms with Gasteiger partial charge in [0.15, 0.2) is 0 Å². The first-order valence-electron chi connectivity index (χ1n) is 20.6. The Kier molecular flexibility index (Phi) is 18.6. The number of carbonyl (C=O) groups excluding carboxylic acids is 2. The Labute approximate surface area is 359 Å². The summed E-state index contributed by atoms with van der Waals surface area (Å²) >= 11 is 9.70. The van der Waals surface area contributed by atoms with Crippen LogP contribution in [-0.2, 0) is 10.3 Å². The van der Waals surface area contributed by atoms with E-state index in [0.29, 0.717) is 56.7 Å². The normalized spacial score (nSPS) is 14.7. The van der Waals surface area contributed by atoms with Crippen LogP contribution in [0.1, 0.15) is 157 Å². The predicted molar refractivity (Wildman–Crippen MR) is 244 cm³/mol. The summed E-state index contributed by atoms with van der Waals surface area (Å²) < 4.78 is 20.3. The number of rotatable bonds is 21. The van der Waals surface area contributed by atoms with Gasteiger partial charge in [-0.2, -0.15) is 0 Å². The van der Waals surface area contributed by atoms with Crippen molar-refractivity contribution in [3.8, 4) is 15.5 Å². The van der Waals surface area contributed by atoms with Crippen LogP contribution in [0.4, 0.5) is 0 Å². The molecule has 0 spiro atoms. The van der Waals surface area contributed by atoms with Gasteiger partial charge in [-0.3, -0.25) is 14.5 Å². The van der Waals surface area contributed by atoms with Crippen LogP contribution in [0.3, 0.4) is 0 Å². The van der Waals surface area contributed by atoms with Crippen LogP contribution in [0.2, 0.25) is 13.3 Å². The minimum atomic E-state index is -2.51. The summed E-state index contributed by atoms with van der Waals surface area (Å²) in [6.45, 7) is 22.5. The topological polar surface area (TPSA) is 55.8 Å². The number of unbranched alkanes of at least 4 members (excludes halogenated alkanes) is 3. The van der Waals surface area contributed by atoms with E-state index in [1.54, 1.807) is 23.8 Å². The zero-order valence-electron chi connectivity index (χ0n) is 34.4.